The third-order valence-electron chi connectivity index (χ3n) is 5.86. The normalized spacial score (nSPS) is 11.4. The largest absolute Gasteiger partial charge is 0.497 e. The number of hydrogen-bond acceptors (Lipinski definition) is 6. The highest BCUT2D eigenvalue weighted by Gasteiger charge is 2.25. The molecule has 2 N–H and O–H groups in total. The van der Waals surface area contributed by atoms with E-state index in [1.165, 1.54) is 24.1 Å². The summed E-state index contributed by atoms with van der Waals surface area (Å²) in [6.07, 6.45) is 2.86. The van der Waals surface area contributed by atoms with E-state index in [1.54, 1.807) is 12.1 Å². The highest BCUT2D eigenvalue weighted by Crippen LogP contribution is 2.32. The standard InChI is InChI=1S/C27H22N4O5S/c1-36-21-12-13-24(19(15-21)14-18-8-4-2-5-9-18)37(34,35)30-25-22-17-29-31(20-10-6-3-7-11-20)26(22)28-16-23(25)27(32)33/h2-13,15-17H,14H2,1H3,(H,28,30)(H,32,33). The van der Waals surface area contributed by atoms with Crippen molar-refractivity contribution in [3.05, 3.63) is 108 Å². The lowest BCUT2D eigenvalue weighted by molar-refractivity contribution is 0.0697. The van der Waals surface area contributed by atoms with Gasteiger partial charge in [-0.05, 0) is 47.9 Å². The zero-order valence-corrected chi connectivity index (χ0v) is 20.5. The molecule has 5 rings (SSSR count). The first-order valence-electron chi connectivity index (χ1n) is 11.3. The molecule has 0 bridgehead atoms. The summed E-state index contributed by atoms with van der Waals surface area (Å²) in [4.78, 5) is 16.3. The number of carboxylic acids is 1. The fourth-order valence-electron chi connectivity index (χ4n) is 4.10. The molecule has 2 heterocycles. The minimum Gasteiger partial charge on any atom is -0.497 e. The van der Waals surface area contributed by atoms with E-state index in [0.717, 1.165) is 11.8 Å². The van der Waals surface area contributed by atoms with Crippen molar-refractivity contribution in [2.75, 3.05) is 11.8 Å². The van der Waals surface area contributed by atoms with Crippen LogP contribution in [0.2, 0.25) is 0 Å². The zero-order valence-electron chi connectivity index (χ0n) is 19.7. The molecule has 0 aliphatic carbocycles. The molecule has 0 radical (unpaired) electrons. The number of rotatable bonds is 8. The highest BCUT2D eigenvalue weighted by atomic mass is 32.2. The van der Waals surface area contributed by atoms with Gasteiger partial charge >= 0.3 is 5.97 Å². The smallest absolute Gasteiger partial charge is 0.339 e. The van der Waals surface area contributed by atoms with Crippen molar-refractivity contribution in [1.82, 2.24) is 14.8 Å². The van der Waals surface area contributed by atoms with Crippen molar-refractivity contribution in [2.45, 2.75) is 11.3 Å². The van der Waals surface area contributed by atoms with Crippen molar-refractivity contribution in [1.29, 1.82) is 0 Å². The van der Waals surface area contributed by atoms with E-state index in [0.29, 0.717) is 29.1 Å². The molecule has 0 amide bonds. The Morgan fingerprint density at radius 3 is 2.38 bits per heavy atom. The van der Waals surface area contributed by atoms with Crippen molar-refractivity contribution in [3.63, 3.8) is 0 Å². The Labute approximate surface area is 213 Å². The van der Waals surface area contributed by atoms with E-state index in [-0.39, 0.29) is 21.5 Å². The number of para-hydroxylation sites is 1. The molecule has 186 valence electrons. The molecule has 5 aromatic rings. The summed E-state index contributed by atoms with van der Waals surface area (Å²) < 4.78 is 36.8. The number of fused-ring (bicyclic) bond motifs is 1. The molecule has 0 aliphatic rings. The van der Waals surface area contributed by atoms with Gasteiger partial charge in [-0.15, -0.1) is 0 Å². The molecule has 0 saturated carbocycles. The molecule has 0 spiro atoms. The second-order valence-electron chi connectivity index (χ2n) is 8.22. The molecule has 9 nitrogen and oxygen atoms in total. The maximum absolute atomic E-state index is 13.7. The Balaban J connectivity index is 1.62. The van der Waals surface area contributed by atoms with Gasteiger partial charge in [0.1, 0.15) is 11.3 Å². The number of aromatic carboxylic acids is 1. The van der Waals surface area contributed by atoms with Crippen LogP contribution < -0.4 is 9.46 Å². The lowest BCUT2D eigenvalue weighted by Gasteiger charge is -2.15. The molecule has 0 aliphatic heterocycles. The predicted molar refractivity (Wildman–Crippen MR) is 139 cm³/mol. The van der Waals surface area contributed by atoms with Gasteiger partial charge in [0.25, 0.3) is 10.0 Å². The van der Waals surface area contributed by atoms with Crippen LogP contribution in [0.3, 0.4) is 0 Å². The van der Waals surface area contributed by atoms with Crippen LogP contribution in [0, 0.1) is 0 Å². The van der Waals surface area contributed by atoms with Gasteiger partial charge in [-0.25, -0.2) is 22.9 Å². The SMILES string of the molecule is COc1ccc(S(=O)(=O)Nc2c(C(=O)O)cnc3c2cnn3-c2ccccc2)c(Cc2ccccc2)c1. The molecule has 0 unspecified atom stereocenters. The number of carbonyl (C=O) groups is 1. The topological polar surface area (TPSA) is 123 Å². The van der Waals surface area contributed by atoms with Crippen LogP contribution in [0.5, 0.6) is 5.75 Å². The summed E-state index contributed by atoms with van der Waals surface area (Å²) >= 11 is 0. The first kappa shape index (κ1) is 24.0. The van der Waals surface area contributed by atoms with Gasteiger partial charge in [0.05, 0.1) is 35.0 Å². The number of benzene rings is 3. The van der Waals surface area contributed by atoms with Crippen molar-refractivity contribution >= 4 is 32.7 Å². The Kier molecular flexibility index (Phi) is 6.33. The molecule has 0 atom stereocenters. The first-order valence-corrected chi connectivity index (χ1v) is 12.7. The Morgan fingerprint density at radius 2 is 1.70 bits per heavy atom. The van der Waals surface area contributed by atoms with E-state index < -0.39 is 16.0 Å². The van der Waals surface area contributed by atoms with E-state index >= 15 is 0 Å². The summed E-state index contributed by atoms with van der Waals surface area (Å²) in [6, 6.07) is 23.2. The van der Waals surface area contributed by atoms with Gasteiger partial charge in [0.15, 0.2) is 5.65 Å². The van der Waals surface area contributed by atoms with E-state index in [9.17, 15) is 18.3 Å². The molecule has 37 heavy (non-hydrogen) atoms. The monoisotopic (exact) mass is 514 g/mol. The first-order chi connectivity index (χ1) is 17.9. The summed E-state index contributed by atoms with van der Waals surface area (Å²) in [5.41, 5.74) is 2.02. The van der Waals surface area contributed by atoms with Crippen molar-refractivity contribution in [3.8, 4) is 11.4 Å². The van der Waals surface area contributed by atoms with Crippen LogP contribution in [-0.4, -0.2) is 41.4 Å². The zero-order chi connectivity index (χ0) is 26.0. The Hall–Kier alpha value is -4.70. The van der Waals surface area contributed by atoms with Crippen molar-refractivity contribution < 1.29 is 23.1 Å². The molecule has 10 heteroatoms. The second kappa shape index (κ2) is 9.75. The van der Waals surface area contributed by atoms with Crippen LogP contribution in [0.15, 0.2) is 96.2 Å². The molecular weight excluding hydrogens is 492 g/mol. The molecule has 2 aromatic heterocycles. The second-order valence-corrected chi connectivity index (χ2v) is 9.87. The maximum Gasteiger partial charge on any atom is 0.339 e. The quantitative estimate of drug-likeness (QED) is 0.312. The minimum absolute atomic E-state index is 0.00825. The number of aromatic nitrogens is 3. The molecular formula is C27H22N4O5S. The highest BCUT2D eigenvalue weighted by molar-refractivity contribution is 7.92. The van der Waals surface area contributed by atoms with Crippen LogP contribution >= 0.6 is 0 Å². The number of nitrogens with zero attached hydrogens (tertiary/aromatic N) is 3. The number of methoxy groups -OCH3 is 1. The van der Waals surface area contributed by atoms with Crippen molar-refractivity contribution in [2.24, 2.45) is 0 Å². The molecule has 0 fully saturated rings. The average molecular weight is 515 g/mol. The van der Waals surface area contributed by atoms with Gasteiger partial charge in [-0.1, -0.05) is 48.5 Å². The fraction of sp³-hybridized carbons (Fsp3) is 0.0741. The number of pyridine rings is 1. The fourth-order valence-corrected chi connectivity index (χ4v) is 5.42. The Bertz CT molecular complexity index is 1700. The van der Waals surface area contributed by atoms with Gasteiger partial charge in [0, 0.05) is 6.20 Å². The minimum atomic E-state index is -4.23. The van der Waals surface area contributed by atoms with E-state index in [4.69, 9.17) is 4.74 Å². The lowest BCUT2D eigenvalue weighted by Crippen LogP contribution is -2.18. The summed E-state index contributed by atoms with van der Waals surface area (Å²) in [7, 11) is -2.72. The Morgan fingerprint density at radius 1 is 1.00 bits per heavy atom. The van der Waals surface area contributed by atoms with Crippen LogP contribution in [0.4, 0.5) is 5.69 Å². The summed E-state index contributed by atoms with van der Waals surface area (Å²) in [5.74, 6) is -0.814. The third-order valence-corrected chi connectivity index (χ3v) is 7.31. The van der Waals surface area contributed by atoms with E-state index in [2.05, 4.69) is 14.8 Å². The lowest BCUT2D eigenvalue weighted by atomic mass is 10.0. The molecule has 0 saturated heterocycles. The number of carboxylic acid groups (broad SMARTS) is 1. The predicted octanol–water partition coefficient (Wildman–Crippen LogP) is 4.52. The number of anilines is 1. The van der Waals surface area contributed by atoms with Crippen LogP contribution in [-0.2, 0) is 16.4 Å². The van der Waals surface area contributed by atoms with Crippen LogP contribution in [0.25, 0.3) is 16.7 Å². The number of hydrogen-bond donors (Lipinski definition) is 2. The van der Waals surface area contributed by atoms with Gasteiger partial charge in [0.2, 0.25) is 0 Å². The van der Waals surface area contributed by atoms with Gasteiger partial charge in [-0.3, -0.25) is 4.72 Å². The average Bonchev–Trinajstić information content (AvgIpc) is 3.34. The summed E-state index contributed by atoms with van der Waals surface area (Å²) in [6.45, 7) is 0. The number of ether oxygens (including phenoxy) is 1. The van der Waals surface area contributed by atoms with Gasteiger partial charge in [-0.2, -0.15) is 5.10 Å². The molecule has 3 aromatic carbocycles. The number of nitrogens with one attached hydrogen (secondary N) is 1. The van der Waals surface area contributed by atoms with E-state index in [1.807, 2.05) is 60.7 Å². The van der Waals surface area contributed by atoms with Gasteiger partial charge < -0.3 is 9.84 Å². The maximum atomic E-state index is 13.7. The summed E-state index contributed by atoms with van der Waals surface area (Å²) in [5, 5.41) is 14.4. The third kappa shape index (κ3) is 4.74. The van der Waals surface area contributed by atoms with Crippen LogP contribution in [0.1, 0.15) is 21.5 Å². The number of sulfonamides is 1.